The zero-order chi connectivity index (χ0) is 12.1. The van der Waals surface area contributed by atoms with E-state index in [4.69, 9.17) is 15.7 Å². The molecule has 1 heterocycles. The fourth-order valence-electron chi connectivity index (χ4n) is 1.21. The summed E-state index contributed by atoms with van der Waals surface area (Å²) in [5, 5.41) is 17.7. The van der Waals surface area contributed by atoms with Gasteiger partial charge in [0.1, 0.15) is 11.8 Å². The van der Waals surface area contributed by atoms with Crippen molar-refractivity contribution >= 4 is 17.6 Å². The van der Waals surface area contributed by atoms with Gasteiger partial charge in [0.05, 0.1) is 0 Å². The van der Waals surface area contributed by atoms with E-state index in [9.17, 15) is 0 Å². The molecule has 0 saturated heterocycles. The Morgan fingerprint density at radius 2 is 2.18 bits per heavy atom. The van der Waals surface area contributed by atoms with E-state index in [2.05, 4.69) is 20.5 Å². The number of ether oxygens (including phenoxy) is 1. The van der Waals surface area contributed by atoms with Gasteiger partial charge < -0.3 is 15.8 Å². The summed E-state index contributed by atoms with van der Waals surface area (Å²) in [6.45, 7) is 0.0320. The normalized spacial score (nSPS) is 9.59. The lowest BCUT2D eigenvalue weighted by Gasteiger charge is -2.04. The van der Waals surface area contributed by atoms with E-state index in [1.54, 1.807) is 24.3 Å². The van der Waals surface area contributed by atoms with Gasteiger partial charge in [0.25, 0.3) is 0 Å². The Labute approximate surface area is 97.2 Å². The number of rotatable bonds is 4. The molecule has 7 heteroatoms. The smallest absolute Gasteiger partial charge is 0.248 e. The molecular formula is C10H10N6O. The SMILES string of the molecule is N#CCOc1ccc(Nc2n[nH]c(N)n2)cc1. The van der Waals surface area contributed by atoms with Crippen LogP contribution in [0.1, 0.15) is 0 Å². The number of aromatic nitrogens is 3. The standard InChI is InChI=1S/C10H10N6O/c11-5-6-17-8-3-1-7(2-4-8)13-10-14-9(12)15-16-10/h1-4H,6H2,(H4,12,13,14,15,16). The monoisotopic (exact) mass is 230 g/mol. The van der Waals surface area contributed by atoms with Crippen LogP contribution in [0.3, 0.4) is 0 Å². The van der Waals surface area contributed by atoms with Crippen LogP contribution >= 0.6 is 0 Å². The van der Waals surface area contributed by atoms with Crippen molar-refractivity contribution < 1.29 is 4.74 Å². The Kier molecular flexibility index (Phi) is 3.07. The largest absolute Gasteiger partial charge is 0.479 e. The molecule has 0 atom stereocenters. The van der Waals surface area contributed by atoms with Gasteiger partial charge in [-0.1, -0.05) is 0 Å². The van der Waals surface area contributed by atoms with Crippen molar-refractivity contribution in [3.8, 4) is 11.8 Å². The van der Waals surface area contributed by atoms with Gasteiger partial charge in [0.15, 0.2) is 6.61 Å². The summed E-state index contributed by atoms with van der Waals surface area (Å²) in [6, 6.07) is 8.97. The maximum absolute atomic E-state index is 8.36. The molecule has 2 aromatic rings. The van der Waals surface area contributed by atoms with Crippen molar-refractivity contribution in [3.63, 3.8) is 0 Å². The number of nitrogens with zero attached hydrogens (tertiary/aromatic N) is 3. The van der Waals surface area contributed by atoms with Gasteiger partial charge in [-0.15, -0.1) is 5.10 Å². The molecule has 2 rings (SSSR count). The first-order chi connectivity index (χ1) is 8.28. The fourth-order valence-corrected chi connectivity index (χ4v) is 1.21. The second-order valence-electron chi connectivity index (χ2n) is 3.14. The number of nitrogens with two attached hydrogens (primary N) is 1. The quantitative estimate of drug-likeness (QED) is 0.723. The fraction of sp³-hybridized carbons (Fsp3) is 0.100. The lowest BCUT2D eigenvalue weighted by molar-refractivity contribution is 0.368. The Hall–Kier alpha value is -2.75. The minimum absolute atomic E-state index is 0.0320. The summed E-state index contributed by atoms with van der Waals surface area (Å²) in [5.74, 6) is 1.28. The Morgan fingerprint density at radius 3 is 2.76 bits per heavy atom. The number of hydrogen-bond donors (Lipinski definition) is 3. The first-order valence-electron chi connectivity index (χ1n) is 4.82. The Bertz CT molecular complexity index is 526. The minimum Gasteiger partial charge on any atom is -0.479 e. The summed E-state index contributed by atoms with van der Waals surface area (Å²) in [7, 11) is 0. The van der Waals surface area contributed by atoms with Gasteiger partial charge >= 0.3 is 0 Å². The summed E-state index contributed by atoms with van der Waals surface area (Å²) < 4.78 is 5.12. The molecular weight excluding hydrogens is 220 g/mol. The first-order valence-corrected chi connectivity index (χ1v) is 4.82. The van der Waals surface area contributed by atoms with Crippen LogP contribution in [0.5, 0.6) is 5.75 Å². The number of H-pyrrole nitrogens is 1. The van der Waals surface area contributed by atoms with E-state index in [-0.39, 0.29) is 12.6 Å². The van der Waals surface area contributed by atoms with Crippen molar-refractivity contribution in [3.05, 3.63) is 24.3 Å². The van der Waals surface area contributed by atoms with E-state index >= 15 is 0 Å². The number of aromatic amines is 1. The molecule has 86 valence electrons. The molecule has 0 amide bonds. The molecule has 0 radical (unpaired) electrons. The minimum atomic E-state index is 0.0320. The van der Waals surface area contributed by atoms with E-state index in [1.807, 2.05) is 6.07 Å². The molecule has 0 aliphatic carbocycles. The molecule has 0 aliphatic heterocycles. The molecule has 0 saturated carbocycles. The van der Waals surface area contributed by atoms with Gasteiger partial charge in [-0.2, -0.15) is 10.2 Å². The predicted octanol–water partition coefficient (Wildman–Crippen LogP) is 1.03. The molecule has 0 fully saturated rings. The Balaban J connectivity index is 2.01. The zero-order valence-electron chi connectivity index (χ0n) is 8.84. The molecule has 1 aromatic heterocycles. The number of anilines is 3. The van der Waals surface area contributed by atoms with E-state index in [0.717, 1.165) is 5.69 Å². The third-order valence-corrected chi connectivity index (χ3v) is 1.92. The summed E-state index contributed by atoms with van der Waals surface area (Å²) in [6.07, 6.45) is 0. The van der Waals surface area contributed by atoms with Crippen LogP contribution in [0.2, 0.25) is 0 Å². The topological polar surface area (TPSA) is 113 Å². The van der Waals surface area contributed by atoms with Crippen LogP contribution < -0.4 is 15.8 Å². The van der Waals surface area contributed by atoms with Crippen LogP contribution in [0.25, 0.3) is 0 Å². The van der Waals surface area contributed by atoms with Crippen LogP contribution in [-0.4, -0.2) is 21.8 Å². The molecule has 0 unspecified atom stereocenters. The van der Waals surface area contributed by atoms with Crippen molar-refractivity contribution in [2.75, 3.05) is 17.7 Å². The van der Waals surface area contributed by atoms with Crippen molar-refractivity contribution in [2.45, 2.75) is 0 Å². The number of nitriles is 1. The molecule has 0 aliphatic rings. The maximum atomic E-state index is 8.36. The molecule has 0 bridgehead atoms. The van der Waals surface area contributed by atoms with Crippen LogP contribution in [-0.2, 0) is 0 Å². The van der Waals surface area contributed by atoms with Crippen molar-refractivity contribution in [2.24, 2.45) is 0 Å². The molecule has 1 aromatic carbocycles. The second-order valence-corrected chi connectivity index (χ2v) is 3.14. The van der Waals surface area contributed by atoms with E-state index in [0.29, 0.717) is 11.7 Å². The summed E-state index contributed by atoms with van der Waals surface area (Å²) >= 11 is 0. The number of benzene rings is 1. The zero-order valence-corrected chi connectivity index (χ0v) is 8.84. The molecule has 4 N–H and O–H groups in total. The van der Waals surface area contributed by atoms with Gasteiger partial charge in [-0.25, -0.2) is 5.10 Å². The molecule has 7 nitrogen and oxygen atoms in total. The number of nitrogen functional groups attached to an aromatic ring is 1. The van der Waals surface area contributed by atoms with Gasteiger partial charge in [0, 0.05) is 5.69 Å². The highest BCUT2D eigenvalue weighted by molar-refractivity contribution is 5.54. The summed E-state index contributed by atoms with van der Waals surface area (Å²) in [5.41, 5.74) is 6.19. The number of hydrogen-bond acceptors (Lipinski definition) is 6. The Morgan fingerprint density at radius 1 is 1.41 bits per heavy atom. The van der Waals surface area contributed by atoms with E-state index < -0.39 is 0 Å². The third-order valence-electron chi connectivity index (χ3n) is 1.92. The van der Waals surface area contributed by atoms with E-state index in [1.165, 1.54) is 0 Å². The van der Waals surface area contributed by atoms with Crippen molar-refractivity contribution in [1.82, 2.24) is 15.2 Å². The molecule has 0 spiro atoms. The van der Waals surface area contributed by atoms with Gasteiger partial charge in [-0.05, 0) is 24.3 Å². The van der Waals surface area contributed by atoms with Gasteiger partial charge in [0.2, 0.25) is 11.9 Å². The highest BCUT2D eigenvalue weighted by Crippen LogP contribution is 2.18. The highest BCUT2D eigenvalue weighted by Gasteiger charge is 2.00. The van der Waals surface area contributed by atoms with Crippen LogP contribution in [0, 0.1) is 11.3 Å². The molecule has 17 heavy (non-hydrogen) atoms. The third kappa shape index (κ3) is 2.85. The average Bonchev–Trinajstić information content (AvgIpc) is 2.74. The van der Waals surface area contributed by atoms with Crippen molar-refractivity contribution in [1.29, 1.82) is 5.26 Å². The predicted molar refractivity (Wildman–Crippen MR) is 61.6 cm³/mol. The van der Waals surface area contributed by atoms with Crippen LogP contribution in [0.4, 0.5) is 17.6 Å². The summed E-state index contributed by atoms with van der Waals surface area (Å²) in [4.78, 5) is 3.90. The highest BCUT2D eigenvalue weighted by atomic mass is 16.5. The first kappa shape index (κ1) is 10.8. The van der Waals surface area contributed by atoms with Gasteiger partial charge in [-0.3, -0.25) is 0 Å². The number of nitrogens with one attached hydrogen (secondary N) is 2. The lowest BCUT2D eigenvalue weighted by Crippen LogP contribution is -1.95. The maximum Gasteiger partial charge on any atom is 0.248 e. The second kappa shape index (κ2) is 4.85. The average molecular weight is 230 g/mol. The van der Waals surface area contributed by atoms with Crippen LogP contribution in [0.15, 0.2) is 24.3 Å². The lowest BCUT2D eigenvalue weighted by atomic mass is 10.3.